The van der Waals surface area contributed by atoms with Crippen molar-refractivity contribution >= 4 is 0 Å². The van der Waals surface area contributed by atoms with E-state index in [-0.39, 0.29) is 54.0 Å². The molecule has 0 saturated carbocycles. The van der Waals surface area contributed by atoms with E-state index in [0.29, 0.717) is 65.7 Å². The summed E-state index contributed by atoms with van der Waals surface area (Å²) in [6.45, 7) is 18.5. The van der Waals surface area contributed by atoms with Crippen LogP contribution in [0.5, 0.6) is 0 Å². The van der Waals surface area contributed by atoms with Gasteiger partial charge in [0.1, 0.15) is 18.3 Å². The summed E-state index contributed by atoms with van der Waals surface area (Å²) in [6, 6.07) is 51.1. The molecule has 5 aromatic rings. The molecule has 0 spiro atoms. The van der Waals surface area contributed by atoms with Crippen LogP contribution < -0.4 is 0 Å². The summed E-state index contributed by atoms with van der Waals surface area (Å²) in [7, 11) is 0. The molecule has 12 nitrogen and oxygen atoms in total. The summed E-state index contributed by atoms with van der Waals surface area (Å²) >= 11 is 0. The van der Waals surface area contributed by atoms with E-state index in [2.05, 4.69) is 109 Å². The molecule has 416 valence electrons. The van der Waals surface area contributed by atoms with Crippen LogP contribution >= 0.6 is 0 Å². The van der Waals surface area contributed by atoms with Crippen LogP contribution in [0.1, 0.15) is 89.1 Å². The molecule has 0 aliphatic carbocycles. The van der Waals surface area contributed by atoms with E-state index in [9.17, 15) is 0 Å². The normalized spacial score (nSPS) is 33.6. The van der Waals surface area contributed by atoms with Crippen LogP contribution in [0.3, 0.4) is 0 Å². The zero-order chi connectivity index (χ0) is 53.5. The monoisotopic (exact) mass is 1060 g/mol. The van der Waals surface area contributed by atoms with Crippen LogP contribution in [-0.4, -0.2) is 99.7 Å². The van der Waals surface area contributed by atoms with Crippen molar-refractivity contribution in [1.82, 2.24) is 0 Å². The van der Waals surface area contributed by atoms with E-state index in [4.69, 9.17) is 56.8 Å². The fraction of sp³-hybridized carbons (Fsp3) is 0.538. The van der Waals surface area contributed by atoms with Crippen molar-refractivity contribution in [3.05, 3.63) is 179 Å². The van der Waals surface area contributed by atoms with Crippen LogP contribution in [-0.2, 0) is 89.9 Å². The Morgan fingerprint density at radius 1 is 0.377 bits per heavy atom. The fourth-order valence-corrected chi connectivity index (χ4v) is 11.2. The van der Waals surface area contributed by atoms with Gasteiger partial charge < -0.3 is 56.8 Å². The topological polar surface area (TPSA) is 111 Å². The van der Waals surface area contributed by atoms with Gasteiger partial charge in [-0.3, -0.25) is 0 Å². The molecule has 4 saturated heterocycles. The van der Waals surface area contributed by atoms with E-state index in [1.165, 1.54) is 0 Å². The average molecular weight is 1060 g/mol. The number of benzene rings is 5. The molecule has 0 N–H and O–H groups in total. The van der Waals surface area contributed by atoms with Crippen LogP contribution in [0.4, 0.5) is 0 Å². The highest BCUT2D eigenvalue weighted by atomic mass is 16.8. The molecule has 18 atom stereocenters. The van der Waals surface area contributed by atoms with Gasteiger partial charge in [0.05, 0.1) is 89.0 Å². The zero-order valence-corrected chi connectivity index (χ0v) is 46.3. The highest BCUT2D eigenvalue weighted by molar-refractivity contribution is 5.17. The van der Waals surface area contributed by atoms with Gasteiger partial charge in [-0.1, -0.05) is 193 Å². The SMILES string of the molecule is CCC1OCCC(OC2OC(COCc3ccccc3)C(C)C(OC3OC(COCc4ccccc4)C(C)C(C)C3C)C2OCc2ccccc2)C1OC1OC(C)C(C)C(OCc2ccccc2)C1OCc1ccccc1. The summed E-state index contributed by atoms with van der Waals surface area (Å²) in [4.78, 5) is 0. The van der Waals surface area contributed by atoms with Gasteiger partial charge in [0.2, 0.25) is 0 Å². The maximum Gasteiger partial charge on any atom is 0.187 e. The molecule has 4 aliphatic rings. The fourth-order valence-electron chi connectivity index (χ4n) is 11.2. The molecule has 5 aromatic carbocycles. The first-order chi connectivity index (χ1) is 37.6. The highest BCUT2D eigenvalue weighted by Gasteiger charge is 2.53. The van der Waals surface area contributed by atoms with Gasteiger partial charge >= 0.3 is 0 Å². The van der Waals surface area contributed by atoms with E-state index in [0.717, 1.165) is 27.8 Å². The van der Waals surface area contributed by atoms with E-state index in [1.807, 2.05) is 91.0 Å². The van der Waals surface area contributed by atoms with Crippen molar-refractivity contribution in [3.63, 3.8) is 0 Å². The van der Waals surface area contributed by atoms with Gasteiger partial charge in [0.25, 0.3) is 0 Å². The lowest BCUT2D eigenvalue weighted by Gasteiger charge is -2.51. The summed E-state index contributed by atoms with van der Waals surface area (Å²) < 4.78 is 83.5. The molecule has 0 bridgehead atoms. The first-order valence-corrected chi connectivity index (χ1v) is 28.4. The third-order valence-electron chi connectivity index (χ3n) is 16.6. The minimum Gasteiger partial charge on any atom is -0.375 e. The number of hydrogen-bond acceptors (Lipinski definition) is 12. The predicted molar refractivity (Wildman–Crippen MR) is 294 cm³/mol. The largest absolute Gasteiger partial charge is 0.375 e. The third-order valence-corrected chi connectivity index (χ3v) is 16.6. The van der Waals surface area contributed by atoms with Crippen molar-refractivity contribution in [2.45, 2.75) is 174 Å². The lowest BCUT2D eigenvalue weighted by molar-refractivity contribution is -0.369. The minimum atomic E-state index is -0.907. The average Bonchev–Trinajstić information content (AvgIpc) is 3.48. The molecular formula is C65H84O12. The lowest BCUT2D eigenvalue weighted by Crippen LogP contribution is -2.62. The van der Waals surface area contributed by atoms with E-state index >= 15 is 0 Å². The van der Waals surface area contributed by atoms with Crippen LogP contribution in [0, 0.1) is 29.6 Å². The molecule has 4 aliphatic heterocycles. The Kier molecular flexibility index (Phi) is 21.3. The highest BCUT2D eigenvalue weighted by Crippen LogP contribution is 2.42. The van der Waals surface area contributed by atoms with Crippen molar-refractivity contribution in [2.24, 2.45) is 29.6 Å². The summed E-state index contributed by atoms with van der Waals surface area (Å²) in [5, 5.41) is 0. The quantitative estimate of drug-likeness (QED) is 0.0587. The Labute approximate surface area is 458 Å². The second-order valence-corrected chi connectivity index (χ2v) is 21.9. The Morgan fingerprint density at radius 3 is 1.29 bits per heavy atom. The van der Waals surface area contributed by atoms with E-state index < -0.39 is 55.5 Å². The molecule has 0 amide bonds. The summed E-state index contributed by atoms with van der Waals surface area (Å²) in [5.74, 6) is 0.359. The Bertz CT molecular complexity index is 2420. The van der Waals surface area contributed by atoms with Crippen LogP contribution in [0.15, 0.2) is 152 Å². The second-order valence-electron chi connectivity index (χ2n) is 21.9. The first kappa shape index (κ1) is 57.3. The molecule has 4 fully saturated rings. The number of hydrogen-bond donors (Lipinski definition) is 0. The van der Waals surface area contributed by atoms with Crippen molar-refractivity contribution in [3.8, 4) is 0 Å². The van der Waals surface area contributed by atoms with Gasteiger partial charge in [-0.2, -0.15) is 0 Å². The summed E-state index contributed by atoms with van der Waals surface area (Å²) in [5.41, 5.74) is 5.34. The minimum absolute atomic E-state index is 0.00626. The molecule has 0 aromatic heterocycles. The van der Waals surface area contributed by atoms with Crippen LogP contribution in [0.2, 0.25) is 0 Å². The molecule has 18 unspecified atom stereocenters. The smallest absolute Gasteiger partial charge is 0.187 e. The van der Waals surface area contributed by atoms with Crippen molar-refractivity contribution in [2.75, 3.05) is 19.8 Å². The molecule has 9 rings (SSSR count). The summed E-state index contributed by atoms with van der Waals surface area (Å²) in [6.07, 6.45) is -5.48. The Morgan fingerprint density at radius 2 is 0.792 bits per heavy atom. The molecule has 12 heteroatoms. The molecular weight excluding hydrogens is 973 g/mol. The second kappa shape index (κ2) is 28.7. The maximum absolute atomic E-state index is 7.43. The lowest BCUT2D eigenvalue weighted by atomic mass is 9.79. The van der Waals surface area contributed by atoms with Crippen LogP contribution in [0.25, 0.3) is 0 Å². The Balaban J connectivity index is 1.01. The first-order valence-electron chi connectivity index (χ1n) is 28.4. The zero-order valence-electron chi connectivity index (χ0n) is 46.3. The van der Waals surface area contributed by atoms with Gasteiger partial charge in [0, 0.05) is 24.4 Å². The molecule has 77 heavy (non-hydrogen) atoms. The van der Waals surface area contributed by atoms with Gasteiger partial charge in [0.15, 0.2) is 18.9 Å². The third kappa shape index (κ3) is 15.3. The van der Waals surface area contributed by atoms with Gasteiger partial charge in [-0.25, -0.2) is 0 Å². The molecule has 4 heterocycles. The van der Waals surface area contributed by atoms with Gasteiger partial charge in [-0.05, 0) is 59.4 Å². The predicted octanol–water partition coefficient (Wildman–Crippen LogP) is 11.9. The van der Waals surface area contributed by atoms with Crippen molar-refractivity contribution < 1.29 is 56.8 Å². The number of rotatable bonds is 24. The van der Waals surface area contributed by atoms with E-state index in [1.54, 1.807) is 0 Å². The standard InChI is InChI=1S/C65H84O12/c1-8-54-60(77-64-61(70-39-52-30-20-12-21-31-52)58(46(5)48(7)72-64)69-38-51-28-18-11-19-29-51)55(34-35-68-54)73-65-62(71-40-53-32-22-13-23-33-53)59(47(6)57(75-65)42-67-37-50-26-16-10-17-27-50)76-63-45(4)43(2)44(3)56(74-63)41-66-36-49-24-14-9-15-25-49/h9-33,43-48,54-65H,8,34-42H2,1-7H3. The maximum atomic E-state index is 7.43. The molecule has 0 radical (unpaired) electrons. The Hall–Kier alpha value is -4.38. The van der Waals surface area contributed by atoms with Gasteiger partial charge in [-0.15, -0.1) is 0 Å². The number of ether oxygens (including phenoxy) is 12. The van der Waals surface area contributed by atoms with Crippen molar-refractivity contribution in [1.29, 1.82) is 0 Å².